The molecule has 0 amide bonds. The molecule has 0 N–H and O–H groups in total. The van der Waals surface area contributed by atoms with Crippen LogP contribution >= 0.6 is 0 Å². The minimum atomic E-state index is -4.72. The number of rotatable bonds is 14. The van der Waals surface area contributed by atoms with Gasteiger partial charge in [0.2, 0.25) is 0 Å². The van der Waals surface area contributed by atoms with E-state index in [1.165, 1.54) is 42.5 Å². The zero-order valence-corrected chi connectivity index (χ0v) is 32.6. The summed E-state index contributed by atoms with van der Waals surface area (Å²) in [4.78, 5) is 0. The maximum absolute atomic E-state index is 12.8. The lowest BCUT2D eigenvalue weighted by Crippen LogP contribution is -2.18. The molecule has 0 aliphatic carbocycles. The van der Waals surface area contributed by atoms with Gasteiger partial charge in [0.25, 0.3) is 0 Å². The van der Waals surface area contributed by atoms with Crippen molar-refractivity contribution in [2.24, 2.45) is 0 Å². The zero-order chi connectivity index (χ0) is 40.7. The molecule has 0 saturated heterocycles. The van der Waals surface area contributed by atoms with Crippen LogP contribution in [-0.4, -0.2) is 12.7 Å². The molecule has 0 spiro atoms. The molecule has 6 rings (SSSR count). The number of alkyl halides is 6. The van der Waals surface area contributed by atoms with Crippen molar-refractivity contribution in [3.8, 4) is 56.0 Å². The molecule has 0 aliphatic rings. The second-order valence-electron chi connectivity index (χ2n) is 14.6. The van der Waals surface area contributed by atoms with E-state index >= 15 is 0 Å². The summed E-state index contributed by atoms with van der Waals surface area (Å²) in [6.07, 6.45) is -1.51. The van der Waals surface area contributed by atoms with Crippen molar-refractivity contribution < 1.29 is 35.8 Å². The Balaban J connectivity index is 0.911. The van der Waals surface area contributed by atoms with Gasteiger partial charge in [-0.1, -0.05) is 128 Å². The van der Waals surface area contributed by atoms with E-state index in [1.807, 2.05) is 62.4 Å². The van der Waals surface area contributed by atoms with Crippen molar-refractivity contribution in [3.63, 3.8) is 0 Å². The Kier molecular flexibility index (Phi) is 12.8. The molecule has 0 radical (unpaired) electrons. The predicted molar refractivity (Wildman–Crippen MR) is 217 cm³/mol. The summed E-state index contributed by atoms with van der Waals surface area (Å²) in [6.45, 7) is 6.90. The van der Waals surface area contributed by atoms with E-state index in [0.717, 1.165) is 81.3 Å². The Morgan fingerprint density at radius 2 is 0.614 bits per heavy atom. The monoisotopic (exact) mass is 780 g/mol. The smallest absolute Gasteiger partial charge is 0.406 e. The number of halogens is 6. The van der Waals surface area contributed by atoms with Crippen LogP contribution in [0, 0.1) is 27.7 Å². The van der Waals surface area contributed by atoms with Crippen molar-refractivity contribution in [1.82, 2.24) is 0 Å². The minimum Gasteiger partial charge on any atom is -0.406 e. The zero-order valence-electron chi connectivity index (χ0n) is 32.6. The van der Waals surface area contributed by atoms with E-state index in [9.17, 15) is 26.3 Å². The highest BCUT2D eigenvalue weighted by molar-refractivity contribution is 5.75. The Bertz CT molecular complexity index is 2090. The number of unbranched alkanes of at least 4 members (excludes halogenated alkanes) is 4. The van der Waals surface area contributed by atoms with Crippen LogP contribution in [0.1, 0.15) is 65.5 Å². The molecule has 0 bridgehead atoms. The lowest BCUT2D eigenvalue weighted by molar-refractivity contribution is -0.275. The molecule has 0 fully saturated rings. The highest BCUT2D eigenvalue weighted by Crippen LogP contribution is 2.36. The van der Waals surface area contributed by atoms with Crippen LogP contribution < -0.4 is 9.47 Å². The highest BCUT2D eigenvalue weighted by atomic mass is 19.4. The van der Waals surface area contributed by atoms with Crippen LogP contribution in [0.5, 0.6) is 11.5 Å². The molecule has 0 atom stereocenters. The van der Waals surface area contributed by atoms with E-state index < -0.39 is 12.7 Å². The number of hydrogen-bond donors (Lipinski definition) is 0. The predicted octanol–water partition coefficient (Wildman–Crippen LogP) is 15.1. The standard InChI is InChI=1S/C49H46F6O2/c1-32-34(3)46(56-48(50,51)52)30-28-44(32)42-24-20-40(21-25-42)38-16-12-36(13-17-38)10-8-6-5-7-9-11-37-14-18-39(19-15-37)41-22-26-43(27-23-41)45-29-31-47(35(4)33(45)2)57-49(53,54)55/h12-31H,5-11H2,1-4H3. The average molecular weight is 781 g/mol. The van der Waals surface area contributed by atoms with Crippen molar-refractivity contribution in [2.75, 3.05) is 0 Å². The van der Waals surface area contributed by atoms with Crippen molar-refractivity contribution >= 4 is 0 Å². The van der Waals surface area contributed by atoms with Gasteiger partial charge < -0.3 is 9.47 Å². The molecule has 6 aromatic rings. The normalized spacial score (nSPS) is 11.8. The van der Waals surface area contributed by atoms with Gasteiger partial charge in [-0.2, -0.15) is 0 Å². The molecular weight excluding hydrogens is 735 g/mol. The van der Waals surface area contributed by atoms with Crippen molar-refractivity contribution in [3.05, 3.63) is 155 Å². The molecule has 57 heavy (non-hydrogen) atoms. The summed E-state index contributed by atoms with van der Waals surface area (Å²) in [6, 6.07) is 39.6. The van der Waals surface area contributed by atoms with Crippen LogP contribution in [0.15, 0.2) is 121 Å². The summed E-state index contributed by atoms with van der Waals surface area (Å²) < 4.78 is 84.9. The third-order valence-electron chi connectivity index (χ3n) is 10.8. The SMILES string of the molecule is Cc1c(OC(F)(F)F)ccc(-c2ccc(-c3ccc(CCCCCCCc4ccc(-c5ccc(-c6ccc(OC(F)(F)F)c(C)c6C)cc5)cc4)cc3)cc2)c1C. The lowest BCUT2D eigenvalue weighted by atomic mass is 9.94. The number of ether oxygens (including phenoxy) is 2. The van der Waals surface area contributed by atoms with Gasteiger partial charge in [0.1, 0.15) is 11.5 Å². The molecule has 8 heteroatoms. The number of aryl methyl sites for hydroxylation is 2. The van der Waals surface area contributed by atoms with Gasteiger partial charge in [0.15, 0.2) is 0 Å². The third kappa shape index (κ3) is 10.9. The van der Waals surface area contributed by atoms with Crippen LogP contribution in [0.4, 0.5) is 26.3 Å². The third-order valence-corrected chi connectivity index (χ3v) is 10.8. The molecule has 0 saturated carbocycles. The molecule has 0 aliphatic heterocycles. The summed E-state index contributed by atoms with van der Waals surface area (Å²) in [5, 5.41) is 0. The molecule has 2 nitrogen and oxygen atoms in total. The van der Waals surface area contributed by atoms with Gasteiger partial charge in [0.05, 0.1) is 0 Å². The Hall–Kier alpha value is -5.50. The second-order valence-corrected chi connectivity index (χ2v) is 14.6. The van der Waals surface area contributed by atoms with Gasteiger partial charge in [0, 0.05) is 0 Å². The molecule has 0 unspecified atom stereocenters. The summed E-state index contributed by atoms with van der Waals surface area (Å²) in [5.41, 5.74) is 13.1. The molecular formula is C49H46F6O2. The van der Waals surface area contributed by atoms with Gasteiger partial charge in [-0.25, -0.2) is 0 Å². The lowest BCUT2D eigenvalue weighted by Gasteiger charge is -2.16. The quantitative estimate of drug-likeness (QED) is 0.0810. The Morgan fingerprint density at radius 3 is 0.930 bits per heavy atom. The van der Waals surface area contributed by atoms with E-state index in [0.29, 0.717) is 11.1 Å². The molecule has 296 valence electrons. The fourth-order valence-electron chi connectivity index (χ4n) is 7.29. The first-order chi connectivity index (χ1) is 27.1. The maximum atomic E-state index is 12.8. The summed E-state index contributed by atoms with van der Waals surface area (Å²) >= 11 is 0. The number of benzene rings is 6. The fraction of sp³-hybridized carbons (Fsp3) is 0.265. The summed E-state index contributed by atoms with van der Waals surface area (Å²) in [5.74, 6) is -0.350. The van der Waals surface area contributed by atoms with Gasteiger partial charge in [-0.3, -0.25) is 0 Å². The number of hydrogen-bond acceptors (Lipinski definition) is 2. The Labute approximate surface area is 331 Å². The van der Waals surface area contributed by atoms with E-state index in [4.69, 9.17) is 0 Å². The molecule has 6 aromatic carbocycles. The second kappa shape index (κ2) is 17.7. The maximum Gasteiger partial charge on any atom is 0.573 e. The van der Waals surface area contributed by atoms with Crippen LogP contribution in [0.3, 0.4) is 0 Å². The van der Waals surface area contributed by atoms with E-state index in [-0.39, 0.29) is 11.5 Å². The molecule has 0 aromatic heterocycles. The van der Waals surface area contributed by atoms with Crippen LogP contribution in [0.2, 0.25) is 0 Å². The van der Waals surface area contributed by atoms with Gasteiger partial charge >= 0.3 is 12.7 Å². The summed E-state index contributed by atoms with van der Waals surface area (Å²) in [7, 11) is 0. The average Bonchev–Trinajstić information content (AvgIpc) is 3.18. The fourth-order valence-corrected chi connectivity index (χ4v) is 7.29. The largest absolute Gasteiger partial charge is 0.573 e. The minimum absolute atomic E-state index is 0.175. The Morgan fingerprint density at radius 1 is 0.333 bits per heavy atom. The highest BCUT2D eigenvalue weighted by Gasteiger charge is 2.33. The van der Waals surface area contributed by atoms with Gasteiger partial charge in [-0.05, 0) is 143 Å². The molecule has 0 heterocycles. The first-order valence-electron chi connectivity index (χ1n) is 19.3. The van der Waals surface area contributed by atoms with Gasteiger partial charge in [-0.15, -0.1) is 26.3 Å². The van der Waals surface area contributed by atoms with E-state index in [1.54, 1.807) is 26.0 Å². The first-order valence-corrected chi connectivity index (χ1v) is 19.3. The van der Waals surface area contributed by atoms with Crippen molar-refractivity contribution in [2.45, 2.75) is 85.4 Å². The van der Waals surface area contributed by atoms with Crippen LogP contribution in [-0.2, 0) is 12.8 Å². The van der Waals surface area contributed by atoms with E-state index in [2.05, 4.69) is 58.0 Å². The van der Waals surface area contributed by atoms with Crippen LogP contribution in [0.25, 0.3) is 44.5 Å². The van der Waals surface area contributed by atoms with Crippen molar-refractivity contribution in [1.29, 1.82) is 0 Å². The topological polar surface area (TPSA) is 18.5 Å². The first kappa shape index (κ1) is 41.1.